The van der Waals surface area contributed by atoms with Gasteiger partial charge in [0.15, 0.2) is 0 Å². The average Bonchev–Trinajstić information content (AvgIpc) is 3.21. The fourth-order valence-electron chi connectivity index (χ4n) is 2.98. The maximum absolute atomic E-state index is 13.0. The van der Waals surface area contributed by atoms with Crippen molar-refractivity contribution in [1.29, 1.82) is 0 Å². The molecule has 0 unspecified atom stereocenters. The number of carbonyl (C=O) groups excluding carboxylic acids is 1. The summed E-state index contributed by atoms with van der Waals surface area (Å²) in [5.74, 6) is -0.368. The summed E-state index contributed by atoms with van der Waals surface area (Å²) in [5, 5.41) is 6.59. The van der Waals surface area contributed by atoms with Crippen LogP contribution in [0.25, 0.3) is 22.8 Å². The van der Waals surface area contributed by atoms with Gasteiger partial charge in [0.05, 0.1) is 0 Å². The lowest BCUT2D eigenvalue weighted by Crippen LogP contribution is -2.28. The molecular weight excluding hydrogens is 387 g/mol. The number of aromatic nitrogens is 3. The third-order valence-electron chi connectivity index (χ3n) is 4.50. The minimum Gasteiger partial charge on any atom is -0.333 e. The summed E-state index contributed by atoms with van der Waals surface area (Å²) >= 11 is 0. The minimum absolute atomic E-state index is 0.0755. The van der Waals surface area contributed by atoms with Crippen molar-refractivity contribution in [3.63, 3.8) is 0 Å². The SMILES string of the molecule is Cc1ccccc1-c1noc(-c2cccn(CC(=O)Nc3ccc(F)cc3)c2=O)n1. The first kappa shape index (κ1) is 19.3. The Morgan fingerprint density at radius 3 is 2.57 bits per heavy atom. The van der Waals surface area contributed by atoms with Crippen LogP contribution in [0.5, 0.6) is 0 Å². The van der Waals surface area contributed by atoms with Gasteiger partial charge in [-0.25, -0.2) is 4.39 Å². The number of rotatable bonds is 5. The number of benzene rings is 2. The Balaban J connectivity index is 1.56. The summed E-state index contributed by atoms with van der Waals surface area (Å²) in [6.45, 7) is 1.71. The van der Waals surface area contributed by atoms with Gasteiger partial charge in [-0.2, -0.15) is 4.98 Å². The van der Waals surface area contributed by atoms with Gasteiger partial charge >= 0.3 is 0 Å². The molecule has 2 aromatic carbocycles. The molecule has 0 saturated heterocycles. The molecule has 2 aromatic heterocycles. The van der Waals surface area contributed by atoms with Crippen LogP contribution in [-0.2, 0) is 11.3 Å². The fourth-order valence-corrected chi connectivity index (χ4v) is 2.98. The molecule has 0 spiro atoms. The lowest BCUT2D eigenvalue weighted by molar-refractivity contribution is -0.116. The molecule has 4 rings (SSSR count). The summed E-state index contributed by atoms with van der Waals surface area (Å²) in [7, 11) is 0. The molecule has 0 aliphatic rings. The first-order valence-corrected chi connectivity index (χ1v) is 9.16. The molecule has 2 heterocycles. The van der Waals surface area contributed by atoms with Crippen LogP contribution in [0.1, 0.15) is 5.56 Å². The number of aryl methyl sites for hydroxylation is 1. The molecule has 1 N–H and O–H groups in total. The smallest absolute Gasteiger partial charge is 0.263 e. The number of nitrogens with zero attached hydrogens (tertiary/aromatic N) is 3. The van der Waals surface area contributed by atoms with Crippen LogP contribution in [0.3, 0.4) is 0 Å². The molecule has 150 valence electrons. The van der Waals surface area contributed by atoms with Crippen molar-refractivity contribution in [3.8, 4) is 22.8 Å². The minimum atomic E-state index is -0.438. The highest BCUT2D eigenvalue weighted by atomic mass is 19.1. The molecule has 0 aliphatic heterocycles. The summed E-state index contributed by atoms with van der Waals surface area (Å²) in [5.41, 5.74) is 1.98. The normalized spacial score (nSPS) is 10.7. The Morgan fingerprint density at radius 1 is 1.07 bits per heavy atom. The molecule has 0 saturated carbocycles. The second-order valence-corrected chi connectivity index (χ2v) is 6.65. The van der Waals surface area contributed by atoms with Crippen molar-refractivity contribution in [2.24, 2.45) is 0 Å². The largest absolute Gasteiger partial charge is 0.333 e. The fraction of sp³-hybridized carbons (Fsp3) is 0.0909. The van der Waals surface area contributed by atoms with Gasteiger partial charge in [-0.05, 0) is 48.9 Å². The van der Waals surface area contributed by atoms with Crippen LogP contribution < -0.4 is 10.9 Å². The molecule has 8 heteroatoms. The van der Waals surface area contributed by atoms with Crippen molar-refractivity contribution >= 4 is 11.6 Å². The maximum atomic E-state index is 13.0. The average molecular weight is 404 g/mol. The number of carbonyl (C=O) groups is 1. The van der Waals surface area contributed by atoms with Crippen molar-refractivity contribution in [2.75, 3.05) is 5.32 Å². The topological polar surface area (TPSA) is 90.0 Å². The lowest BCUT2D eigenvalue weighted by atomic mass is 10.1. The van der Waals surface area contributed by atoms with Gasteiger partial charge in [0, 0.05) is 17.4 Å². The Kier molecular flexibility index (Phi) is 5.21. The monoisotopic (exact) mass is 404 g/mol. The van der Waals surface area contributed by atoms with Crippen LogP contribution in [-0.4, -0.2) is 20.6 Å². The van der Waals surface area contributed by atoms with Gasteiger partial charge in [0.25, 0.3) is 11.4 Å². The first-order chi connectivity index (χ1) is 14.5. The van der Waals surface area contributed by atoms with Crippen molar-refractivity contribution < 1.29 is 13.7 Å². The van der Waals surface area contributed by atoms with Gasteiger partial charge in [-0.15, -0.1) is 0 Å². The number of halogens is 1. The quantitative estimate of drug-likeness (QED) is 0.548. The van der Waals surface area contributed by atoms with E-state index in [0.717, 1.165) is 11.1 Å². The number of hydrogen-bond acceptors (Lipinski definition) is 5. The Hall–Kier alpha value is -4.07. The third kappa shape index (κ3) is 4.02. The molecule has 7 nitrogen and oxygen atoms in total. The van der Waals surface area contributed by atoms with Crippen LogP contribution in [0.4, 0.5) is 10.1 Å². The molecule has 1 amide bonds. The Bertz CT molecular complexity index is 1260. The van der Waals surface area contributed by atoms with E-state index in [1.165, 1.54) is 35.0 Å². The van der Waals surface area contributed by atoms with E-state index in [2.05, 4.69) is 15.5 Å². The standard InChI is InChI=1S/C22H17FN4O3/c1-14-5-2-3-6-17(14)20-25-21(30-26-20)18-7-4-12-27(22(18)29)13-19(28)24-16-10-8-15(23)9-11-16/h2-12H,13H2,1H3,(H,24,28). The second-order valence-electron chi connectivity index (χ2n) is 6.65. The molecular formula is C22H17FN4O3. The van der Waals surface area contributed by atoms with Gasteiger partial charge in [0.1, 0.15) is 17.9 Å². The van der Waals surface area contributed by atoms with Gasteiger partial charge < -0.3 is 14.4 Å². The first-order valence-electron chi connectivity index (χ1n) is 9.16. The predicted molar refractivity (Wildman–Crippen MR) is 109 cm³/mol. The van der Waals surface area contributed by atoms with Gasteiger partial charge in [-0.3, -0.25) is 9.59 Å². The number of anilines is 1. The summed E-state index contributed by atoms with van der Waals surface area (Å²) in [6, 6.07) is 16.1. The number of pyridine rings is 1. The van der Waals surface area contributed by atoms with E-state index in [-0.39, 0.29) is 18.0 Å². The van der Waals surface area contributed by atoms with E-state index < -0.39 is 17.3 Å². The lowest BCUT2D eigenvalue weighted by Gasteiger charge is -2.08. The summed E-state index contributed by atoms with van der Waals surface area (Å²) in [4.78, 5) is 29.4. The van der Waals surface area contributed by atoms with Crippen LogP contribution in [0.2, 0.25) is 0 Å². The zero-order chi connectivity index (χ0) is 21.1. The number of amides is 1. The van der Waals surface area contributed by atoms with Gasteiger partial charge in [0.2, 0.25) is 11.7 Å². The molecule has 4 aromatic rings. The summed E-state index contributed by atoms with van der Waals surface area (Å²) in [6.07, 6.45) is 1.49. The van der Waals surface area contributed by atoms with Crippen LogP contribution >= 0.6 is 0 Å². The van der Waals surface area contributed by atoms with Crippen LogP contribution in [0, 0.1) is 12.7 Å². The zero-order valence-electron chi connectivity index (χ0n) is 16.0. The number of hydrogen-bond donors (Lipinski definition) is 1. The van der Waals surface area contributed by atoms with Crippen LogP contribution in [0.15, 0.2) is 76.2 Å². The van der Waals surface area contributed by atoms with Crippen molar-refractivity contribution in [2.45, 2.75) is 13.5 Å². The van der Waals surface area contributed by atoms with E-state index in [4.69, 9.17) is 4.52 Å². The van der Waals surface area contributed by atoms with E-state index in [1.54, 1.807) is 12.1 Å². The highest BCUT2D eigenvalue weighted by Gasteiger charge is 2.16. The van der Waals surface area contributed by atoms with Gasteiger partial charge in [-0.1, -0.05) is 29.4 Å². The van der Waals surface area contributed by atoms with E-state index in [9.17, 15) is 14.0 Å². The molecule has 0 fully saturated rings. The molecule has 0 radical (unpaired) electrons. The highest BCUT2D eigenvalue weighted by Crippen LogP contribution is 2.22. The number of nitrogens with one attached hydrogen (secondary N) is 1. The maximum Gasteiger partial charge on any atom is 0.263 e. The second kappa shape index (κ2) is 8.12. The Labute approximate surface area is 170 Å². The zero-order valence-corrected chi connectivity index (χ0v) is 16.0. The van der Waals surface area contributed by atoms with Crippen molar-refractivity contribution in [1.82, 2.24) is 14.7 Å². The third-order valence-corrected chi connectivity index (χ3v) is 4.50. The molecule has 0 atom stereocenters. The Morgan fingerprint density at radius 2 is 1.80 bits per heavy atom. The van der Waals surface area contributed by atoms with E-state index in [1.807, 2.05) is 31.2 Å². The molecule has 30 heavy (non-hydrogen) atoms. The highest BCUT2D eigenvalue weighted by molar-refractivity contribution is 5.90. The van der Waals surface area contributed by atoms with E-state index >= 15 is 0 Å². The predicted octanol–water partition coefficient (Wildman–Crippen LogP) is 3.65. The molecule has 0 aliphatic carbocycles. The van der Waals surface area contributed by atoms with Crippen molar-refractivity contribution in [3.05, 3.63) is 88.6 Å². The van der Waals surface area contributed by atoms with E-state index in [0.29, 0.717) is 11.5 Å². The molecule has 0 bridgehead atoms. The summed E-state index contributed by atoms with van der Waals surface area (Å²) < 4.78 is 19.5.